The highest BCUT2D eigenvalue weighted by Gasteiger charge is 2.24. The van der Waals surface area contributed by atoms with Gasteiger partial charge in [0.15, 0.2) is 0 Å². The minimum Gasteiger partial charge on any atom is -0.493 e. The summed E-state index contributed by atoms with van der Waals surface area (Å²) in [5.74, 6) is 1.61. The van der Waals surface area contributed by atoms with Crippen LogP contribution in [0.3, 0.4) is 0 Å². The second kappa shape index (κ2) is 10.4. The fourth-order valence-electron chi connectivity index (χ4n) is 3.66. The van der Waals surface area contributed by atoms with Gasteiger partial charge in [-0.25, -0.2) is 4.57 Å². The second-order valence-electron chi connectivity index (χ2n) is 8.52. The molecule has 0 amide bonds. The summed E-state index contributed by atoms with van der Waals surface area (Å²) < 4.78 is 21.4. The summed E-state index contributed by atoms with van der Waals surface area (Å²) in [5, 5.41) is 0. The first-order valence-electron chi connectivity index (χ1n) is 10.5. The number of hydrogen-bond donors (Lipinski definition) is 3. The number of phosphoric ester groups is 1. The van der Waals surface area contributed by atoms with Crippen LogP contribution in [-0.4, -0.2) is 28.5 Å². The molecule has 1 atom stereocenters. The largest absolute Gasteiger partial charge is 0.493 e. The van der Waals surface area contributed by atoms with E-state index in [1.54, 1.807) is 18.3 Å². The van der Waals surface area contributed by atoms with Crippen LogP contribution in [0.1, 0.15) is 50.3 Å². The van der Waals surface area contributed by atoms with Gasteiger partial charge in [0.05, 0.1) is 13.2 Å². The number of phosphoric acid groups is 1. The van der Waals surface area contributed by atoms with Gasteiger partial charge in [-0.15, -0.1) is 11.3 Å². The molecule has 3 rings (SSSR count). The molecule has 1 aliphatic rings. The molecule has 1 aromatic carbocycles. The zero-order valence-electron chi connectivity index (χ0n) is 17.5. The standard InChI is InChI=1S/C22H32NO5PS/c1-22(23,16-28-29(24,25)26)14-13-20-11-12-21(30-20)18-7-9-19(10-8-18)27-15-17-5-3-2-4-6-17/h7-12,17H,2-6,13-16,23H2,1H3,(H2,24,25,26). The van der Waals surface area contributed by atoms with Gasteiger partial charge in [-0.05, 0) is 80.5 Å². The highest BCUT2D eigenvalue weighted by molar-refractivity contribution is 7.46. The Morgan fingerprint density at radius 1 is 1.13 bits per heavy atom. The molecular weight excluding hydrogens is 421 g/mol. The molecule has 1 aliphatic carbocycles. The summed E-state index contributed by atoms with van der Waals surface area (Å²) in [5.41, 5.74) is 6.46. The van der Waals surface area contributed by atoms with E-state index in [0.29, 0.717) is 12.3 Å². The van der Waals surface area contributed by atoms with Crippen molar-refractivity contribution in [2.45, 2.75) is 57.4 Å². The third kappa shape index (κ3) is 7.80. The van der Waals surface area contributed by atoms with Crippen molar-refractivity contribution in [3.63, 3.8) is 0 Å². The van der Waals surface area contributed by atoms with Crippen LogP contribution >= 0.6 is 19.2 Å². The minimum atomic E-state index is -4.50. The van der Waals surface area contributed by atoms with Crippen molar-refractivity contribution in [1.29, 1.82) is 0 Å². The van der Waals surface area contributed by atoms with Crippen molar-refractivity contribution < 1.29 is 23.6 Å². The molecule has 4 N–H and O–H groups in total. The zero-order valence-corrected chi connectivity index (χ0v) is 19.2. The Hall–Kier alpha value is -1.21. The van der Waals surface area contributed by atoms with Crippen molar-refractivity contribution >= 4 is 19.2 Å². The molecule has 6 nitrogen and oxygen atoms in total. The van der Waals surface area contributed by atoms with Crippen molar-refractivity contribution in [2.75, 3.05) is 13.2 Å². The molecular formula is C22H32NO5PS. The lowest BCUT2D eigenvalue weighted by Gasteiger charge is -2.24. The highest BCUT2D eigenvalue weighted by atomic mass is 32.1. The summed E-state index contributed by atoms with van der Waals surface area (Å²) in [7, 11) is -4.50. The number of thiophene rings is 1. The van der Waals surface area contributed by atoms with Crippen LogP contribution in [0.15, 0.2) is 36.4 Å². The third-order valence-electron chi connectivity index (χ3n) is 5.52. The fourth-order valence-corrected chi connectivity index (χ4v) is 5.14. The SMILES string of the molecule is CC(N)(CCc1ccc(-c2ccc(OCC3CCCCC3)cc2)s1)COP(=O)(O)O. The molecule has 8 heteroatoms. The maximum atomic E-state index is 10.9. The van der Waals surface area contributed by atoms with Crippen molar-refractivity contribution in [2.24, 2.45) is 11.7 Å². The van der Waals surface area contributed by atoms with Crippen molar-refractivity contribution in [3.05, 3.63) is 41.3 Å². The Bertz CT molecular complexity index is 839. The average molecular weight is 454 g/mol. The Kier molecular flexibility index (Phi) is 8.13. The molecule has 30 heavy (non-hydrogen) atoms. The second-order valence-corrected chi connectivity index (χ2v) is 10.9. The first-order chi connectivity index (χ1) is 14.2. The van der Waals surface area contributed by atoms with Crippen molar-refractivity contribution in [1.82, 2.24) is 0 Å². The van der Waals surface area contributed by atoms with E-state index >= 15 is 0 Å². The summed E-state index contributed by atoms with van der Waals surface area (Å²) in [6.07, 6.45) is 7.87. The van der Waals surface area contributed by atoms with Crippen LogP contribution in [-0.2, 0) is 15.5 Å². The normalized spacial score (nSPS) is 17.6. The number of ether oxygens (including phenoxy) is 1. The predicted molar refractivity (Wildman–Crippen MR) is 121 cm³/mol. The van der Waals surface area contributed by atoms with Gasteiger partial charge in [0.25, 0.3) is 0 Å². The molecule has 166 valence electrons. The summed E-state index contributed by atoms with van der Waals surface area (Å²) in [6.45, 7) is 2.37. The van der Waals surface area contributed by atoms with E-state index in [1.807, 2.05) is 12.1 Å². The zero-order chi connectivity index (χ0) is 21.6. The van der Waals surface area contributed by atoms with Crippen LogP contribution < -0.4 is 10.5 Å². The quantitative estimate of drug-likeness (QED) is 0.431. The van der Waals surface area contributed by atoms with Crippen LogP contribution in [0.4, 0.5) is 0 Å². The van der Waals surface area contributed by atoms with Gasteiger partial charge in [0.1, 0.15) is 5.75 Å². The van der Waals surface area contributed by atoms with Crippen LogP contribution in [0.25, 0.3) is 10.4 Å². The smallest absolute Gasteiger partial charge is 0.469 e. The molecule has 0 spiro atoms. The lowest BCUT2D eigenvalue weighted by atomic mass is 9.90. The molecule has 0 aliphatic heterocycles. The number of rotatable bonds is 10. The van der Waals surface area contributed by atoms with Crippen LogP contribution in [0.5, 0.6) is 5.75 Å². The maximum Gasteiger partial charge on any atom is 0.469 e. The van der Waals surface area contributed by atoms with E-state index in [1.165, 1.54) is 41.9 Å². The Morgan fingerprint density at radius 3 is 2.50 bits per heavy atom. The molecule has 0 saturated heterocycles. The highest BCUT2D eigenvalue weighted by Crippen LogP contribution is 2.37. The monoisotopic (exact) mass is 453 g/mol. The molecule has 1 heterocycles. The number of hydrogen-bond acceptors (Lipinski definition) is 5. The lowest BCUT2D eigenvalue weighted by molar-refractivity contribution is 0.154. The van der Waals surface area contributed by atoms with Crippen LogP contribution in [0, 0.1) is 5.92 Å². The van der Waals surface area contributed by atoms with Crippen molar-refractivity contribution in [3.8, 4) is 16.2 Å². The fraction of sp³-hybridized carbons (Fsp3) is 0.545. The topological polar surface area (TPSA) is 102 Å². The van der Waals surface area contributed by atoms with Gasteiger partial charge in [-0.2, -0.15) is 0 Å². The van der Waals surface area contributed by atoms with Gasteiger partial charge >= 0.3 is 7.82 Å². The Balaban J connectivity index is 1.49. The Labute approximate surface area is 182 Å². The molecule has 1 unspecified atom stereocenters. The molecule has 1 aromatic heterocycles. The number of benzene rings is 1. The molecule has 1 saturated carbocycles. The van der Waals surface area contributed by atoms with E-state index < -0.39 is 13.4 Å². The number of aryl methyl sites for hydroxylation is 1. The number of nitrogens with two attached hydrogens (primary N) is 1. The lowest BCUT2D eigenvalue weighted by Crippen LogP contribution is -2.41. The first-order valence-corrected chi connectivity index (χ1v) is 12.9. The maximum absolute atomic E-state index is 10.9. The third-order valence-corrected chi connectivity index (χ3v) is 7.18. The van der Waals surface area contributed by atoms with E-state index in [-0.39, 0.29) is 6.61 Å². The minimum absolute atomic E-state index is 0.183. The molecule has 0 radical (unpaired) electrons. The predicted octanol–water partition coefficient (Wildman–Crippen LogP) is 5.13. The Morgan fingerprint density at radius 2 is 1.83 bits per heavy atom. The van der Waals surface area contributed by atoms with E-state index in [0.717, 1.165) is 24.3 Å². The summed E-state index contributed by atoms with van der Waals surface area (Å²) in [6, 6.07) is 12.4. The van der Waals surface area contributed by atoms with Gasteiger partial charge in [-0.1, -0.05) is 19.3 Å². The van der Waals surface area contributed by atoms with E-state index in [2.05, 4.69) is 28.8 Å². The summed E-state index contributed by atoms with van der Waals surface area (Å²) >= 11 is 1.70. The first kappa shape index (κ1) is 23.5. The van der Waals surface area contributed by atoms with E-state index in [9.17, 15) is 4.57 Å². The molecule has 2 aromatic rings. The van der Waals surface area contributed by atoms with Gasteiger partial charge in [-0.3, -0.25) is 4.52 Å². The van der Waals surface area contributed by atoms with E-state index in [4.69, 9.17) is 20.3 Å². The van der Waals surface area contributed by atoms with Gasteiger partial charge in [0.2, 0.25) is 0 Å². The molecule has 1 fully saturated rings. The summed E-state index contributed by atoms with van der Waals surface area (Å²) in [4.78, 5) is 20.0. The van der Waals surface area contributed by atoms with Crippen LogP contribution in [0.2, 0.25) is 0 Å². The average Bonchev–Trinajstić information content (AvgIpc) is 3.19. The molecule has 0 bridgehead atoms. The van der Waals surface area contributed by atoms with Gasteiger partial charge in [0, 0.05) is 15.3 Å². The van der Waals surface area contributed by atoms with Gasteiger partial charge < -0.3 is 20.3 Å².